The molecule has 0 heterocycles. The minimum absolute atomic E-state index is 0.0813. The van der Waals surface area contributed by atoms with E-state index in [9.17, 15) is 9.59 Å². The van der Waals surface area contributed by atoms with Gasteiger partial charge in [-0.3, -0.25) is 4.79 Å². The molecule has 0 aliphatic carbocycles. The largest absolute Gasteiger partial charge is 0.508 e. The van der Waals surface area contributed by atoms with Crippen LogP contribution in [0, 0.1) is 11.3 Å². The van der Waals surface area contributed by atoms with Crippen molar-refractivity contribution in [3.63, 3.8) is 0 Å². The third-order valence-corrected chi connectivity index (χ3v) is 2.16. The molecule has 0 saturated heterocycles. The number of nitrogens with one attached hydrogen (secondary N) is 1. The molecule has 2 N–H and O–H groups in total. The summed E-state index contributed by atoms with van der Waals surface area (Å²) < 4.78 is 4.65. The van der Waals surface area contributed by atoms with E-state index >= 15 is 0 Å². The number of carbonyl (C=O) groups excluding carboxylic acids is 2. The van der Waals surface area contributed by atoms with Crippen molar-refractivity contribution in [2.24, 2.45) is 0 Å². The van der Waals surface area contributed by atoms with Crippen molar-refractivity contribution < 1.29 is 19.4 Å². The van der Waals surface area contributed by atoms with E-state index in [0.29, 0.717) is 5.56 Å². The zero-order valence-corrected chi connectivity index (χ0v) is 10.2. The first kappa shape index (κ1) is 14.3. The van der Waals surface area contributed by atoms with E-state index in [1.54, 1.807) is 18.2 Å². The Morgan fingerprint density at radius 2 is 2.05 bits per heavy atom. The van der Waals surface area contributed by atoms with E-state index < -0.39 is 18.5 Å². The van der Waals surface area contributed by atoms with Gasteiger partial charge < -0.3 is 15.2 Å². The van der Waals surface area contributed by atoms with Gasteiger partial charge in [0, 0.05) is 7.05 Å². The topological polar surface area (TPSA) is 99.4 Å². The number of esters is 1. The molecule has 0 fully saturated rings. The second-order valence-corrected chi connectivity index (χ2v) is 3.51. The third-order valence-electron chi connectivity index (χ3n) is 2.16. The number of phenols is 1. The number of amides is 1. The lowest BCUT2D eigenvalue weighted by atomic mass is 10.1. The molecule has 98 valence electrons. The lowest BCUT2D eigenvalue weighted by Crippen LogP contribution is -2.25. The average Bonchev–Trinajstić information content (AvgIpc) is 2.43. The van der Waals surface area contributed by atoms with Crippen LogP contribution in [0.5, 0.6) is 5.75 Å². The van der Waals surface area contributed by atoms with Crippen LogP contribution in [0.25, 0.3) is 6.08 Å². The van der Waals surface area contributed by atoms with Crippen molar-refractivity contribution >= 4 is 18.0 Å². The Labute approximate surface area is 109 Å². The van der Waals surface area contributed by atoms with Crippen molar-refractivity contribution in [1.82, 2.24) is 5.32 Å². The van der Waals surface area contributed by atoms with Gasteiger partial charge in [0.25, 0.3) is 5.91 Å². The van der Waals surface area contributed by atoms with Gasteiger partial charge in [-0.1, -0.05) is 12.1 Å². The molecule has 6 heteroatoms. The highest BCUT2D eigenvalue weighted by atomic mass is 16.5. The molecule has 1 aromatic carbocycles. The van der Waals surface area contributed by atoms with E-state index in [2.05, 4.69) is 10.1 Å². The predicted octanol–water partition coefficient (Wildman–Crippen LogP) is 0.588. The number of carbonyl (C=O) groups is 2. The Kier molecular flexibility index (Phi) is 5.11. The van der Waals surface area contributed by atoms with Gasteiger partial charge in [0.2, 0.25) is 0 Å². The molecule has 1 amide bonds. The number of phenolic OH excluding ortho intramolecular Hbond substituents is 1. The number of likely N-dealkylation sites (N-methyl/N-ethyl adjacent to an activating group) is 1. The molecule has 6 nitrogen and oxygen atoms in total. The summed E-state index contributed by atoms with van der Waals surface area (Å²) in [5, 5.41) is 20.3. The number of hydrogen-bond donors (Lipinski definition) is 2. The normalized spacial score (nSPS) is 10.4. The van der Waals surface area contributed by atoms with Crippen LogP contribution < -0.4 is 5.32 Å². The number of benzene rings is 1. The number of aromatic hydroxyl groups is 1. The second kappa shape index (κ2) is 6.81. The summed E-state index contributed by atoms with van der Waals surface area (Å²) >= 11 is 0. The van der Waals surface area contributed by atoms with Gasteiger partial charge in [-0.05, 0) is 23.8 Å². The number of hydrogen-bond acceptors (Lipinski definition) is 5. The molecule has 0 radical (unpaired) electrons. The first-order chi connectivity index (χ1) is 9.06. The van der Waals surface area contributed by atoms with Crippen molar-refractivity contribution in [1.29, 1.82) is 5.26 Å². The van der Waals surface area contributed by atoms with Crippen molar-refractivity contribution in [3.8, 4) is 11.8 Å². The number of nitrogens with zero attached hydrogens (tertiary/aromatic N) is 1. The zero-order chi connectivity index (χ0) is 14.3. The zero-order valence-electron chi connectivity index (χ0n) is 10.2. The maximum atomic E-state index is 11.5. The predicted molar refractivity (Wildman–Crippen MR) is 66.7 cm³/mol. The standard InChI is InChI=1S/C13H12N2O4/c1-15-12(17)8-19-13(18)10(7-14)6-9-2-4-11(16)5-3-9/h2-6,16H,8H2,1H3,(H,15,17)/b10-6+. The first-order valence-electron chi connectivity index (χ1n) is 5.35. The minimum atomic E-state index is -0.876. The van der Waals surface area contributed by atoms with Crippen LogP contribution in [0.3, 0.4) is 0 Å². The lowest BCUT2D eigenvalue weighted by Gasteiger charge is -2.02. The molecule has 0 aliphatic rings. The van der Waals surface area contributed by atoms with Crippen LogP contribution in [0.15, 0.2) is 29.8 Å². The van der Waals surface area contributed by atoms with Gasteiger partial charge in [0.05, 0.1) is 0 Å². The van der Waals surface area contributed by atoms with Gasteiger partial charge in [-0.2, -0.15) is 5.26 Å². The van der Waals surface area contributed by atoms with Gasteiger partial charge in [-0.15, -0.1) is 0 Å². The fourth-order valence-electron chi connectivity index (χ4n) is 1.16. The minimum Gasteiger partial charge on any atom is -0.508 e. The molecule has 0 aromatic heterocycles. The van der Waals surface area contributed by atoms with Crippen LogP contribution >= 0.6 is 0 Å². The summed E-state index contributed by atoms with van der Waals surface area (Å²) in [5.41, 5.74) is 0.334. The van der Waals surface area contributed by atoms with Crippen LogP contribution in [-0.2, 0) is 14.3 Å². The number of rotatable bonds is 4. The Balaban J connectivity index is 2.77. The Hall–Kier alpha value is -2.81. The fraction of sp³-hybridized carbons (Fsp3) is 0.154. The molecule has 0 bridgehead atoms. The van der Waals surface area contributed by atoms with Crippen molar-refractivity contribution in [2.75, 3.05) is 13.7 Å². The quantitative estimate of drug-likeness (QED) is 0.469. The first-order valence-corrected chi connectivity index (χ1v) is 5.35. The van der Waals surface area contributed by atoms with E-state index in [1.165, 1.54) is 25.3 Å². The van der Waals surface area contributed by atoms with Crippen LogP contribution in [0.1, 0.15) is 5.56 Å². The molecular weight excluding hydrogens is 248 g/mol. The van der Waals surface area contributed by atoms with E-state index in [1.807, 2.05) is 0 Å². The molecule has 0 unspecified atom stereocenters. The highest BCUT2D eigenvalue weighted by Gasteiger charge is 2.12. The smallest absolute Gasteiger partial charge is 0.349 e. The highest BCUT2D eigenvalue weighted by Crippen LogP contribution is 2.13. The summed E-state index contributed by atoms with van der Waals surface area (Å²) in [6, 6.07) is 7.63. The van der Waals surface area contributed by atoms with E-state index in [-0.39, 0.29) is 11.3 Å². The molecule has 0 spiro atoms. The SMILES string of the molecule is CNC(=O)COC(=O)/C(C#N)=C/c1ccc(O)cc1. The molecule has 0 atom stereocenters. The number of nitriles is 1. The molecule has 1 rings (SSSR count). The van der Waals surface area contributed by atoms with Crippen LogP contribution in [0.4, 0.5) is 0 Å². The molecule has 0 saturated carbocycles. The molecule has 0 aliphatic heterocycles. The van der Waals surface area contributed by atoms with Crippen molar-refractivity contribution in [2.45, 2.75) is 0 Å². The number of ether oxygens (including phenoxy) is 1. The fourth-order valence-corrected chi connectivity index (χ4v) is 1.16. The van der Waals surface area contributed by atoms with Gasteiger partial charge in [0.15, 0.2) is 6.61 Å². The summed E-state index contributed by atoms with van der Waals surface area (Å²) in [5.74, 6) is -1.26. The Bertz CT molecular complexity index is 541. The molecule has 1 aromatic rings. The lowest BCUT2D eigenvalue weighted by molar-refractivity contribution is -0.144. The maximum absolute atomic E-state index is 11.5. The van der Waals surface area contributed by atoms with Gasteiger partial charge in [-0.25, -0.2) is 4.79 Å². The highest BCUT2D eigenvalue weighted by molar-refractivity contribution is 5.98. The monoisotopic (exact) mass is 260 g/mol. The molecular formula is C13H12N2O4. The summed E-state index contributed by atoms with van der Waals surface area (Å²) in [6.07, 6.45) is 1.31. The van der Waals surface area contributed by atoms with Crippen LogP contribution in [-0.4, -0.2) is 30.6 Å². The average molecular weight is 260 g/mol. The van der Waals surface area contributed by atoms with E-state index in [4.69, 9.17) is 10.4 Å². The summed E-state index contributed by atoms with van der Waals surface area (Å²) in [4.78, 5) is 22.4. The molecule has 19 heavy (non-hydrogen) atoms. The van der Waals surface area contributed by atoms with Crippen molar-refractivity contribution in [3.05, 3.63) is 35.4 Å². The second-order valence-electron chi connectivity index (χ2n) is 3.51. The van der Waals surface area contributed by atoms with Crippen LogP contribution in [0.2, 0.25) is 0 Å². The van der Waals surface area contributed by atoms with Gasteiger partial charge in [0.1, 0.15) is 17.4 Å². The van der Waals surface area contributed by atoms with E-state index in [0.717, 1.165) is 0 Å². The summed E-state index contributed by atoms with van der Waals surface area (Å²) in [7, 11) is 1.41. The van der Waals surface area contributed by atoms with Gasteiger partial charge >= 0.3 is 5.97 Å². The Morgan fingerprint density at radius 1 is 1.42 bits per heavy atom. The maximum Gasteiger partial charge on any atom is 0.349 e. The summed E-state index contributed by atoms with van der Waals surface area (Å²) in [6.45, 7) is -0.441. The Morgan fingerprint density at radius 3 is 2.58 bits per heavy atom. The third kappa shape index (κ3) is 4.52.